The standard InChI is InChI=1S/C23H32NOPSi/c1-20(2)19-21(13-12-18-27(3,4)5)24-26(25,22-14-8-6-9-15-22)23-16-10-7-11-17-23/h6-11,14-17,20-21H,13,19H2,1-5H3,(H,24,25)/t21-/m0/s1. The highest BCUT2D eigenvalue weighted by Gasteiger charge is 2.30. The van der Waals surface area contributed by atoms with E-state index in [2.05, 4.69) is 50.0 Å². The topological polar surface area (TPSA) is 29.1 Å². The van der Waals surface area contributed by atoms with Gasteiger partial charge in [0.25, 0.3) is 0 Å². The highest BCUT2D eigenvalue weighted by molar-refractivity contribution is 7.76. The quantitative estimate of drug-likeness (QED) is 0.396. The molecule has 2 aromatic carbocycles. The lowest BCUT2D eigenvalue weighted by atomic mass is 10.0. The summed E-state index contributed by atoms with van der Waals surface area (Å²) >= 11 is 0. The van der Waals surface area contributed by atoms with E-state index in [1.54, 1.807) is 0 Å². The van der Waals surface area contributed by atoms with E-state index in [1.807, 2.05) is 60.7 Å². The molecule has 0 fully saturated rings. The molecule has 0 radical (unpaired) electrons. The largest absolute Gasteiger partial charge is 0.297 e. The Hall–Kier alpha value is -1.59. The molecule has 0 saturated carbocycles. The molecule has 2 aromatic rings. The second-order valence-electron chi connectivity index (χ2n) is 8.49. The summed E-state index contributed by atoms with van der Waals surface area (Å²) in [5.41, 5.74) is 3.45. The molecule has 0 saturated heterocycles. The number of hydrogen-bond acceptors (Lipinski definition) is 1. The lowest BCUT2D eigenvalue weighted by Gasteiger charge is -2.27. The fraction of sp³-hybridized carbons (Fsp3) is 0.391. The van der Waals surface area contributed by atoms with Crippen molar-refractivity contribution in [3.8, 4) is 11.5 Å². The van der Waals surface area contributed by atoms with E-state index in [9.17, 15) is 4.57 Å². The van der Waals surface area contributed by atoms with Gasteiger partial charge < -0.3 is 0 Å². The average Bonchev–Trinajstić information content (AvgIpc) is 2.61. The summed E-state index contributed by atoms with van der Waals surface area (Å²) < 4.78 is 14.2. The Morgan fingerprint density at radius 3 is 1.81 bits per heavy atom. The van der Waals surface area contributed by atoms with Gasteiger partial charge in [0.2, 0.25) is 7.29 Å². The van der Waals surface area contributed by atoms with Gasteiger partial charge in [-0.3, -0.25) is 9.65 Å². The van der Waals surface area contributed by atoms with Gasteiger partial charge in [-0.15, -0.1) is 11.5 Å². The summed E-state index contributed by atoms with van der Waals surface area (Å²) in [6.45, 7) is 11.2. The Labute approximate surface area is 166 Å². The molecule has 1 atom stereocenters. The SMILES string of the molecule is CC(C)C[C@H](CC#C[Si](C)(C)C)NP(=O)(c1ccccc1)c1ccccc1. The molecule has 1 N–H and O–H groups in total. The zero-order valence-electron chi connectivity index (χ0n) is 17.2. The Bertz CT molecular complexity index is 773. The molecule has 0 spiro atoms. The molecule has 0 aromatic heterocycles. The molecule has 0 bridgehead atoms. The van der Waals surface area contributed by atoms with Crippen LogP contribution in [0.25, 0.3) is 0 Å². The molecule has 0 amide bonds. The van der Waals surface area contributed by atoms with Gasteiger partial charge in [0.1, 0.15) is 8.07 Å². The van der Waals surface area contributed by atoms with Gasteiger partial charge in [-0.2, -0.15) is 0 Å². The van der Waals surface area contributed by atoms with Crippen LogP contribution in [0.1, 0.15) is 26.7 Å². The maximum atomic E-state index is 14.2. The average molecular weight is 398 g/mol. The molecule has 0 aliphatic carbocycles. The van der Waals surface area contributed by atoms with Crippen molar-refractivity contribution in [3.63, 3.8) is 0 Å². The molecule has 144 valence electrons. The van der Waals surface area contributed by atoms with Crippen molar-refractivity contribution in [1.29, 1.82) is 0 Å². The van der Waals surface area contributed by atoms with Gasteiger partial charge in [-0.05, 0) is 36.6 Å². The van der Waals surface area contributed by atoms with Crippen molar-refractivity contribution in [3.05, 3.63) is 60.7 Å². The van der Waals surface area contributed by atoms with E-state index in [0.717, 1.165) is 23.5 Å². The van der Waals surface area contributed by atoms with Crippen LogP contribution in [0.4, 0.5) is 0 Å². The Morgan fingerprint density at radius 1 is 0.926 bits per heavy atom. The van der Waals surface area contributed by atoms with Crippen LogP contribution >= 0.6 is 7.29 Å². The van der Waals surface area contributed by atoms with Crippen molar-refractivity contribution in [1.82, 2.24) is 5.09 Å². The van der Waals surface area contributed by atoms with Crippen molar-refractivity contribution in [2.24, 2.45) is 5.92 Å². The zero-order valence-corrected chi connectivity index (χ0v) is 19.1. The van der Waals surface area contributed by atoms with Crippen LogP contribution < -0.4 is 15.7 Å². The molecular formula is C23H32NOPSi. The fourth-order valence-corrected chi connectivity index (χ4v) is 6.14. The summed E-state index contributed by atoms with van der Waals surface area (Å²) in [5.74, 6) is 3.89. The predicted octanol–water partition coefficient (Wildman–Crippen LogP) is 5.19. The first-order valence-corrected chi connectivity index (χ1v) is 14.9. The van der Waals surface area contributed by atoms with Crippen LogP contribution in [0, 0.1) is 17.4 Å². The van der Waals surface area contributed by atoms with E-state index >= 15 is 0 Å². The number of rotatable bonds is 7. The highest BCUT2D eigenvalue weighted by Crippen LogP contribution is 2.40. The van der Waals surface area contributed by atoms with Crippen LogP contribution in [-0.4, -0.2) is 14.1 Å². The van der Waals surface area contributed by atoms with Crippen molar-refractivity contribution in [2.45, 2.75) is 52.4 Å². The normalized spacial score (nSPS) is 13.1. The van der Waals surface area contributed by atoms with E-state index in [4.69, 9.17) is 0 Å². The van der Waals surface area contributed by atoms with E-state index in [1.165, 1.54) is 0 Å². The summed E-state index contributed by atoms with van der Waals surface area (Å²) in [6.07, 6.45) is 1.68. The minimum absolute atomic E-state index is 0.0973. The van der Waals surface area contributed by atoms with Gasteiger partial charge in [0, 0.05) is 23.1 Å². The Balaban J connectivity index is 2.38. The Kier molecular flexibility index (Phi) is 7.68. The number of benzene rings is 2. The molecule has 2 nitrogen and oxygen atoms in total. The molecule has 0 aliphatic heterocycles. The van der Waals surface area contributed by atoms with Crippen LogP contribution in [0.3, 0.4) is 0 Å². The first-order chi connectivity index (χ1) is 12.7. The van der Waals surface area contributed by atoms with Crippen LogP contribution in [0.15, 0.2) is 60.7 Å². The highest BCUT2D eigenvalue weighted by atomic mass is 31.2. The first kappa shape index (κ1) is 21.7. The third-order valence-corrected chi connectivity index (χ3v) is 7.88. The van der Waals surface area contributed by atoms with Crippen molar-refractivity contribution in [2.75, 3.05) is 0 Å². The summed E-state index contributed by atoms with van der Waals surface area (Å²) in [6, 6.07) is 19.7. The molecular weight excluding hydrogens is 365 g/mol. The molecule has 4 heteroatoms. The van der Waals surface area contributed by atoms with E-state index in [-0.39, 0.29) is 6.04 Å². The molecule has 0 aliphatic rings. The number of hydrogen-bond donors (Lipinski definition) is 1. The van der Waals surface area contributed by atoms with Crippen LogP contribution in [-0.2, 0) is 4.57 Å². The summed E-state index contributed by atoms with van der Waals surface area (Å²) in [7, 11) is -4.33. The van der Waals surface area contributed by atoms with E-state index < -0.39 is 15.4 Å². The maximum Gasteiger partial charge on any atom is 0.204 e. The van der Waals surface area contributed by atoms with Crippen molar-refractivity contribution >= 4 is 26.0 Å². The third-order valence-electron chi connectivity index (χ3n) is 4.17. The van der Waals surface area contributed by atoms with Crippen LogP contribution in [0.5, 0.6) is 0 Å². The molecule has 0 heterocycles. The van der Waals surface area contributed by atoms with Crippen molar-refractivity contribution < 1.29 is 4.57 Å². The monoisotopic (exact) mass is 397 g/mol. The lowest BCUT2D eigenvalue weighted by Crippen LogP contribution is -2.36. The lowest BCUT2D eigenvalue weighted by molar-refractivity contribution is 0.469. The van der Waals surface area contributed by atoms with Gasteiger partial charge in [-0.25, -0.2) is 0 Å². The summed E-state index contributed by atoms with van der Waals surface area (Å²) in [4.78, 5) is 0. The van der Waals surface area contributed by atoms with Gasteiger partial charge in [0.05, 0.1) is 0 Å². The van der Waals surface area contributed by atoms with Gasteiger partial charge in [-0.1, -0.05) is 69.9 Å². The minimum Gasteiger partial charge on any atom is -0.297 e. The smallest absolute Gasteiger partial charge is 0.204 e. The fourth-order valence-electron chi connectivity index (χ4n) is 3.02. The first-order valence-electron chi connectivity index (χ1n) is 9.70. The second kappa shape index (κ2) is 9.56. The van der Waals surface area contributed by atoms with Crippen LogP contribution in [0.2, 0.25) is 19.6 Å². The molecule has 2 rings (SSSR count). The minimum atomic E-state index is -2.92. The maximum absolute atomic E-state index is 14.2. The predicted molar refractivity (Wildman–Crippen MR) is 122 cm³/mol. The zero-order chi connectivity index (χ0) is 19.9. The van der Waals surface area contributed by atoms with Gasteiger partial charge >= 0.3 is 0 Å². The number of nitrogens with one attached hydrogen (secondary N) is 1. The second-order valence-corrected chi connectivity index (χ2v) is 15.8. The summed E-state index contributed by atoms with van der Waals surface area (Å²) in [5, 5.41) is 5.25. The molecule has 27 heavy (non-hydrogen) atoms. The third kappa shape index (κ3) is 6.81. The van der Waals surface area contributed by atoms with E-state index in [0.29, 0.717) is 5.92 Å². The van der Waals surface area contributed by atoms with Gasteiger partial charge in [0.15, 0.2) is 0 Å². The Morgan fingerprint density at radius 2 is 1.41 bits per heavy atom. The molecule has 0 unspecified atom stereocenters.